The maximum Gasteiger partial charge on any atom is 0.251 e. The molecule has 7 heteroatoms. The number of hydrogen-bond acceptors (Lipinski definition) is 4. The lowest BCUT2D eigenvalue weighted by atomic mass is 9.81. The van der Waals surface area contributed by atoms with Crippen LogP contribution in [0.1, 0.15) is 42.5 Å². The summed E-state index contributed by atoms with van der Waals surface area (Å²) in [4.78, 5) is 27.6. The third-order valence-electron chi connectivity index (χ3n) is 6.27. The second kappa shape index (κ2) is 9.71. The van der Waals surface area contributed by atoms with Crippen LogP contribution in [0.4, 0.5) is 5.69 Å². The lowest BCUT2D eigenvalue weighted by Crippen LogP contribution is -2.58. The predicted molar refractivity (Wildman–Crippen MR) is 122 cm³/mol. The van der Waals surface area contributed by atoms with Crippen LogP contribution in [0.2, 0.25) is 5.02 Å². The van der Waals surface area contributed by atoms with E-state index in [4.69, 9.17) is 16.3 Å². The van der Waals surface area contributed by atoms with Crippen LogP contribution in [0.15, 0.2) is 48.5 Å². The Bertz CT molecular complexity index is 903. The summed E-state index contributed by atoms with van der Waals surface area (Å²) in [5.74, 6) is 0.663. The van der Waals surface area contributed by atoms with E-state index in [9.17, 15) is 9.59 Å². The van der Waals surface area contributed by atoms with Crippen molar-refractivity contribution >= 4 is 29.1 Å². The summed E-state index contributed by atoms with van der Waals surface area (Å²) in [6.45, 7) is 0.372. The van der Waals surface area contributed by atoms with Crippen LogP contribution in [0.3, 0.4) is 0 Å². The molecule has 2 aliphatic rings. The first-order valence-corrected chi connectivity index (χ1v) is 11.2. The van der Waals surface area contributed by atoms with E-state index in [0.29, 0.717) is 29.2 Å². The van der Waals surface area contributed by atoms with Crippen molar-refractivity contribution in [2.24, 2.45) is 0 Å². The van der Waals surface area contributed by atoms with Gasteiger partial charge in [-0.2, -0.15) is 0 Å². The molecule has 2 saturated heterocycles. The quantitative estimate of drug-likeness (QED) is 0.708. The third-order valence-corrected chi connectivity index (χ3v) is 6.52. The number of carbonyl (C=O) groups excluding carboxylic acids is 2. The van der Waals surface area contributed by atoms with Crippen LogP contribution in [-0.2, 0) is 4.79 Å². The molecule has 0 radical (unpaired) electrons. The number of fused-ring (bicyclic) bond motifs is 2. The first-order chi connectivity index (χ1) is 15.0. The minimum Gasteiger partial charge on any atom is -0.497 e. The number of hydrogen-bond donors (Lipinski definition) is 2. The normalized spacial score (nSPS) is 23.1. The zero-order valence-corrected chi connectivity index (χ0v) is 18.4. The largest absolute Gasteiger partial charge is 0.497 e. The van der Waals surface area contributed by atoms with Gasteiger partial charge in [0.25, 0.3) is 5.91 Å². The Labute approximate surface area is 187 Å². The highest BCUT2D eigenvalue weighted by Crippen LogP contribution is 2.34. The molecule has 3 atom stereocenters. The number of methoxy groups -OCH3 is 1. The van der Waals surface area contributed by atoms with Crippen molar-refractivity contribution in [3.63, 3.8) is 0 Å². The van der Waals surface area contributed by atoms with Gasteiger partial charge < -0.3 is 15.4 Å². The molecule has 0 aromatic heterocycles. The molecular formula is C24H28ClN3O3. The number of piperidine rings is 2. The monoisotopic (exact) mass is 441 g/mol. The summed E-state index contributed by atoms with van der Waals surface area (Å²) in [7, 11) is 1.61. The molecule has 31 heavy (non-hydrogen) atoms. The highest BCUT2D eigenvalue weighted by atomic mass is 35.5. The third kappa shape index (κ3) is 5.38. The summed E-state index contributed by atoms with van der Waals surface area (Å²) in [5, 5.41) is 6.81. The number of halogens is 1. The van der Waals surface area contributed by atoms with Crippen molar-refractivity contribution in [2.45, 2.75) is 50.2 Å². The molecule has 2 bridgehead atoms. The molecule has 0 spiro atoms. The van der Waals surface area contributed by atoms with Crippen molar-refractivity contribution < 1.29 is 14.3 Å². The number of anilines is 1. The van der Waals surface area contributed by atoms with E-state index in [1.807, 2.05) is 12.1 Å². The van der Waals surface area contributed by atoms with Gasteiger partial charge in [0.05, 0.1) is 13.7 Å². The van der Waals surface area contributed by atoms with Crippen molar-refractivity contribution in [3.8, 4) is 5.75 Å². The Morgan fingerprint density at radius 1 is 1.03 bits per heavy atom. The van der Waals surface area contributed by atoms with E-state index in [0.717, 1.165) is 37.1 Å². The fourth-order valence-electron chi connectivity index (χ4n) is 4.77. The number of benzene rings is 2. The van der Waals surface area contributed by atoms with E-state index in [1.54, 1.807) is 43.5 Å². The van der Waals surface area contributed by atoms with Crippen LogP contribution in [0, 0.1) is 0 Å². The molecule has 2 heterocycles. The van der Waals surface area contributed by atoms with Crippen molar-refractivity contribution in [1.29, 1.82) is 0 Å². The molecule has 1 unspecified atom stereocenters. The number of amides is 2. The predicted octanol–water partition coefficient (Wildman–Crippen LogP) is 4.10. The number of ether oxygens (including phenoxy) is 1. The zero-order chi connectivity index (χ0) is 21.8. The van der Waals surface area contributed by atoms with Gasteiger partial charge in [0.15, 0.2) is 0 Å². The van der Waals surface area contributed by atoms with Crippen molar-refractivity contribution in [2.75, 3.05) is 19.0 Å². The Kier molecular flexibility index (Phi) is 6.78. The standard InChI is InChI=1S/C24H28ClN3O3/c1-31-22-11-5-16(6-12-22)24(30)27-19-13-20-3-2-4-21(14-19)28(20)15-23(29)26-18-9-7-17(25)8-10-18/h5-12,19-21H,2-4,13-15H2,1H3,(H,26,29)(H,27,30)/t19?,20-,21+. The van der Waals surface area contributed by atoms with E-state index in [-0.39, 0.29) is 17.9 Å². The van der Waals surface area contributed by atoms with Gasteiger partial charge in [-0.3, -0.25) is 14.5 Å². The molecule has 2 aliphatic heterocycles. The summed E-state index contributed by atoms with van der Waals surface area (Å²) >= 11 is 5.91. The Morgan fingerprint density at radius 2 is 1.68 bits per heavy atom. The maximum absolute atomic E-state index is 12.7. The topological polar surface area (TPSA) is 70.7 Å². The molecule has 2 aromatic carbocycles. The minimum absolute atomic E-state index is 0.0139. The molecule has 6 nitrogen and oxygen atoms in total. The fraction of sp³-hybridized carbons (Fsp3) is 0.417. The van der Waals surface area contributed by atoms with Gasteiger partial charge >= 0.3 is 0 Å². The van der Waals surface area contributed by atoms with Crippen LogP contribution in [0.5, 0.6) is 5.75 Å². The van der Waals surface area contributed by atoms with Gasteiger partial charge in [-0.15, -0.1) is 0 Å². The van der Waals surface area contributed by atoms with Crippen molar-refractivity contribution in [3.05, 3.63) is 59.1 Å². The molecule has 4 rings (SSSR count). The molecular weight excluding hydrogens is 414 g/mol. The van der Waals surface area contributed by atoms with Gasteiger partial charge in [0.1, 0.15) is 5.75 Å². The smallest absolute Gasteiger partial charge is 0.251 e. The minimum atomic E-state index is -0.0559. The maximum atomic E-state index is 12.7. The molecule has 2 N–H and O–H groups in total. The zero-order valence-electron chi connectivity index (χ0n) is 17.6. The molecule has 2 amide bonds. The first kappa shape index (κ1) is 21.7. The van der Waals surface area contributed by atoms with E-state index in [1.165, 1.54) is 6.42 Å². The lowest BCUT2D eigenvalue weighted by molar-refractivity contribution is -0.120. The average molecular weight is 442 g/mol. The van der Waals surface area contributed by atoms with E-state index in [2.05, 4.69) is 15.5 Å². The first-order valence-electron chi connectivity index (χ1n) is 10.8. The molecule has 0 saturated carbocycles. The second-order valence-electron chi connectivity index (χ2n) is 8.34. The Balaban J connectivity index is 1.34. The van der Waals surface area contributed by atoms with Gasteiger partial charge in [-0.1, -0.05) is 18.0 Å². The average Bonchev–Trinajstić information content (AvgIpc) is 2.76. The summed E-state index contributed by atoms with van der Waals surface area (Å²) < 4.78 is 5.16. The number of nitrogens with zero attached hydrogens (tertiary/aromatic N) is 1. The number of nitrogens with one attached hydrogen (secondary N) is 2. The van der Waals surface area contributed by atoms with Crippen molar-refractivity contribution in [1.82, 2.24) is 10.2 Å². The van der Waals surface area contributed by atoms with Crippen LogP contribution in [-0.4, -0.2) is 48.5 Å². The fourth-order valence-corrected chi connectivity index (χ4v) is 4.89. The molecule has 2 aromatic rings. The summed E-state index contributed by atoms with van der Waals surface area (Å²) in [6.07, 6.45) is 5.02. The SMILES string of the molecule is COc1ccc(C(=O)NC2C[C@H]3CCC[C@@H](C2)N3CC(=O)Nc2ccc(Cl)cc2)cc1. The molecule has 0 aliphatic carbocycles. The Hall–Kier alpha value is -2.57. The van der Waals surface area contributed by atoms with Gasteiger partial charge in [-0.25, -0.2) is 0 Å². The van der Waals surface area contributed by atoms with Crippen LogP contribution < -0.4 is 15.4 Å². The highest BCUT2D eigenvalue weighted by molar-refractivity contribution is 6.30. The van der Waals surface area contributed by atoms with Gasteiger partial charge in [0.2, 0.25) is 5.91 Å². The van der Waals surface area contributed by atoms with Gasteiger partial charge in [0, 0.05) is 34.4 Å². The lowest BCUT2D eigenvalue weighted by Gasteiger charge is -2.48. The van der Waals surface area contributed by atoms with E-state index < -0.39 is 0 Å². The van der Waals surface area contributed by atoms with E-state index >= 15 is 0 Å². The second-order valence-corrected chi connectivity index (χ2v) is 8.77. The summed E-state index contributed by atoms with van der Waals surface area (Å²) in [6, 6.07) is 15.1. The Morgan fingerprint density at radius 3 is 2.29 bits per heavy atom. The molecule has 2 fully saturated rings. The molecule has 164 valence electrons. The van der Waals surface area contributed by atoms with Gasteiger partial charge in [-0.05, 0) is 74.2 Å². The van der Waals surface area contributed by atoms with Crippen LogP contribution in [0.25, 0.3) is 0 Å². The summed E-state index contributed by atoms with van der Waals surface area (Å²) in [5.41, 5.74) is 1.39. The number of carbonyl (C=O) groups is 2. The number of rotatable bonds is 6. The highest BCUT2D eigenvalue weighted by Gasteiger charge is 2.39. The van der Waals surface area contributed by atoms with Crippen LogP contribution >= 0.6 is 11.6 Å².